The highest BCUT2D eigenvalue weighted by Gasteiger charge is 2.10. The maximum absolute atomic E-state index is 5.69. The van der Waals surface area contributed by atoms with Crippen molar-refractivity contribution in [2.45, 2.75) is 26.4 Å². The van der Waals surface area contributed by atoms with Gasteiger partial charge in [0.15, 0.2) is 0 Å². The van der Waals surface area contributed by atoms with E-state index in [0.29, 0.717) is 6.54 Å². The average Bonchev–Trinajstić information content (AvgIpc) is 2.84. The van der Waals surface area contributed by atoms with Gasteiger partial charge in [0.05, 0.1) is 11.9 Å². The number of hydrogen-bond donors (Lipinski definition) is 1. The largest absolute Gasteiger partial charge is 0.326 e. The van der Waals surface area contributed by atoms with Crippen LogP contribution in [0.3, 0.4) is 0 Å². The lowest BCUT2D eigenvalue weighted by Gasteiger charge is -2.04. The van der Waals surface area contributed by atoms with E-state index in [9.17, 15) is 0 Å². The molecule has 15 heavy (non-hydrogen) atoms. The van der Waals surface area contributed by atoms with Gasteiger partial charge in [-0.2, -0.15) is 0 Å². The molecule has 0 atom stereocenters. The van der Waals surface area contributed by atoms with E-state index in [1.54, 1.807) is 17.5 Å². The summed E-state index contributed by atoms with van der Waals surface area (Å²) in [4.78, 5) is 1.19. The van der Waals surface area contributed by atoms with Gasteiger partial charge in [-0.05, 0) is 17.9 Å². The molecule has 0 saturated carbocycles. The molecule has 2 aromatic heterocycles. The predicted octanol–water partition coefficient (Wildman–Crippen LogP) is 1.88. The second-order valence-electron chi connectivity index (χ2n) is 3.30. The van der Waals surface area contributed by atoms with E-state index in [4.69, 9.17) is 5.73 Å². The van der Waals surface area contributed by atoms with Crippen LogP contribution in [0.1, 0.15) is 18.2 Å². The van der Waals surface area contributed by atoms with Gasteiger partial charge < -0.3 is 5.73 Å². The van der Waals surface area contributed by atoms with Crippen LogP contribution >= 0.6 is 11.3 Å². The van der Waals surface area contributed by atoms with Crippen LogP contribution in [0.2, 0.25) is 0 Å². The normalized spacial score (nSPS) is 10.8. The van der Waals surface area contributed by atoms with E-state index in [1.807, 2.05) is 4.68 Å². The lowest BCUT2D eigenvalue weighted by molar-refractivity contribution is 0.584. The third kappa shape index (κ3) is 1.93. The predicted molar refractivity (Wildman–Crippen MR) is 61.5 cm³/mol. The Labute approximate surface area is 92.7 Å². The Morgan fingerprint density at radius 2 is 2.40 bits per heavy atom. The fourth-order valence-electron chi connectivity index (χ4n) is 1.57. The highest BCUT2D eigenvalue weighted by Crippen LogP contribution is 2.27. The van der Waals surface area contributed by atoms with E-state index in [1.165, 1.54) is 10.4 Å². The van der Waals surface area contributed by atoms with Crippen LogP contribution < -0.4 is 5.73 Å². The van der Waals surface area contributed by atoms with E-state index in [-0.39, 0.29) is 0 Å². The monoisotopic (exact) mass is 222 g/mol. The molecular formula is C10H14N4S. The minimum Gasteiger partial charge on any atom is -0.326 e. The quantitative estimate of drug-likeness (QED) is 0.859. The molecule has 0 aliphatic heterocycles. The van der Waals surface area contributed by atoms with Crippen LogP contribution in [0.4, 0.5) is 0 Å². The topological polar surface area (TPSA) is 56.7 Å². The number of aromatic nitrogens is 3. The number of hydrogen-bond acceptors (Lipinski definition) is 4. The summed E-state index contributed by atoms with van der Waals surface area (Å²) in [6.45, 7) is 3.60. The molecule has 0 fully saturated rings. The lowest BCUT2D eigenvalue weighted by Crippen LogP contribution is -2.03. The zero-order valence-corrected chi connectivity index (χ0v) is 9.50. The first kappa shape index (κ1) is 10.3. The molecule has 0 saturated heterocycles. The molecular weight excluding hydrogens is 208 g/mol. The van der Waals surface area contributed by atoms with Crippen LogP contribution in [0, 0.1) is 0 Å². The number of aryl methyl sites for hydroxylation is 1. The maximum Gasteiger partial charge on any atom is 0.0897 e. The lowest BCUT2D eigenvalue weighted by atomic mass is 10.2. The second kappa shape index (κ2) is 4.55. The van der Waals surface area contributed by atoms with Crippen molar-refractivity contribution in [3.05, 3.63) is 22.5 Å². The minimum atomic E-state index is 0.574. The molecule has 0 bridgehead atoms. The van der Waals surface area contributed by atoms with E-state index in [2.05, 4.69) is 28.7 Å². The first-order valence-electron chi connectivity index (χ1n) is 5.02. The summed E-state index contributed by atoms with van der Waals surface area (Å²) in [6, 6.07) is 2.08. The molecule has 0 spiro atoms. The summed E-state index contributed by atoms with van der Waals surface area (Å²) >= 11 is 1.68. The molecule has 0 radical (unpaired) electrons. The number of nitrogens with two attached hydrogens (primary N) is 1. The molecule has 5 heteroatoms. The molecule has 2 aromatic rings. The summed E-state index contributed by atoms with van der Waals surface area (Å²) in [6.07, 6.45) is 2.86. The SMILES string of the molecule is CCCn1nncc1-c1ccsc1CN. The van der Waals surface area contributed by atoms with Gasteiger partial charge >= 0.3 is 0 Å². The standard InChI is InChI=1S/C10H14N4S/c1-2-4-14-9(7-12-13-14)8-3-5-15-10(8)6-11/h3,5,7H,2,4,6,11H2,1H3. The molecule has 2 rings (SSSR count). The van der Waals surface area contributed by atoms with Gasteiger partial charge in [0.25, 0.3) is 0 Å². The number of thiophene rings is 1. The number of nitrogens with zero attached hydrogens (tertiary/aromatic N) is 3. The minimum absolute atomic E-state index is 0.574. The van der Waals surface area contributed by atoms with Gasteiger partial charge in [-0.3, -0.25) is 0 Å². The van der Waals surface area contributed by atoms with Crippen molar-refractivity contribution < 1.29 is 0 Å². The Kier molecular flexibility index (Phi) is 3.13. The summed E-state index contributed by atoms with van der Waals surface area (Å²) in [7, 11) is 0. The molecule has 0 aromatic carbocycles. The van der Waals surface area contributed by atoms with E-state index in [0.717, 1.165) is 18.7 Å². The smallest absolute Gasteiger partial charge is 0.0897 e. The fraction of sp³-hybridized carbons (Fsp3) is 0.400. The van der Waals surface area contributed by atoms with Gasteiger partial charge in [-0.1, -0.05) is 12.1 Å². The van der Waals surface area contributed by atoms with Crippen LogP contribution in [-0.2, 0) is 13.1 Å². The highest BCUT2D eigenvalue weighted by atomic mass is 32.1. The van der Waals surface area contributed by atoms with Crippen molar-refractivity contribution in [3.63, 3.8) is 0 Å². The van der Waals surface area contributed by atoms with Gasteiger partial charge in [0, 0.05) is 23.5 Å². The summed E-state index contributed by atoms with van der Waals surface area (Å²) in [5.41, 5.74) is 7.92. The van der Waals surface area contributed by atoms with Gasteiger partial charge in [-0.25, -0.2) is 4.68 Å². The van der Waals surface area contributed by atoms with Gasteiger partial charge in [-0.15, -0.1) is 16.4 Å². The van der Waals surface area contributed by atoms with Crippen LogP contribution in [0.15, 0.2) is 17.6 Å². The fourth-order valence-corrected chi connectivity index (χ4v) is 2.33. The van der Waals surface area contributed by atoms with Crippen LogP contribution in [-0.4, -0.2) is 15.0 Å². The zero-order chi connectivity index (χ0) is 10.7. The third-order valence-electron chi connectivity index (χ3n) is 2.26. The molecule has 0 aliphatic carbocycles. The van der Waals surface area contributed by atoms with Crippen molar-refractivity contribution in [1.82, 2.24) is 15.0 Å². The zero-order valence-electron chi connectivity index (χ0n) is 8.68. The maximum atomic E-state index is 5.69. The Balaban J connectivity index is 2.40. The Morgan fingerprint density at radius 3 is 3.13 bits per heavy atom. The Bertz CT molecular complexity index is 432. The molecule has 80 valence electrons. The van der Waals surface area contributed by atoms with Crippen molar-refractivity contribution >= 4 is 11.3 Å². The molecule has 2 N–H and O–H groups in total. The van der Waals surface area contributed by atoms with Crippen molar-refractivity contribution in [1.29, 1.82) is 0 Å². The van der Waals surface area contributed by atoms with Crippen molar-refractivity contribution in [3.8, 4) is 11.3 Å². The Hall–Kier alpha value is -1.20. The third-order valence-corrected chi connectivity index (χ3v) is 3.20. The first-order chi connectivity index (χ1) is 7.36. The van der Waals surface area contributed by atoms with Gasteiger partial charge in [0.1, 0.15) is 0 Å². The van der Waals surface area contributed by atoms with Gasteiger partial charge in [0.2, 0.25) is 0 Å². The summed E-state index contributed by atoms with van der Waals surface area (Å²) < 4.78 is 1.93. The Morgan fingerprint density at radius 1 is 1.53 bits per heavy atom. The molecule has 4 nitrogen and oxygen atoms in total. The molecule has 0 unspecified atom stereocenters. The van der Waals surface area contributed by atoms with E-state index >= 15 is 0 Å². The number of rotatable bonds is 4. The summed E-state index contributed by atoms with van der Waals surface area (Å²) in [5.74, 6) is 0. The molecule has 0 aliphatic rings. The second-order valence-corrected chi connectivity index (χ2v) is 4.30. The van der Waals surface area contributed by atoms with Crippen molar-refractivity contribution in [2.24, 2.45) is 5.73 Å². The molecule has 2 heterocycles. The van der Waals surface area contributed by atoms with Crippen LogP contribution in [0.5, 0.6) is 0 Å². The van der Waals surface area contributed by atoms with Crippen molar-refractivity contribution in [2.75, 3.05) is 0 Å². The first-order valence-corrected chi connectivity index (χ1v) is 5.90. The highest BCUT2D eigenvalue weighted by molar-refractivity contribution is 7.10. The van der Waals surface area contributed by atoms with E-state index < -0.39 is 0 Å². The average molecular weight is 222 g/mol. The molecule has 0 amide bonds. The summed E-state index contributed by atoms with van der Waals surface area (Å²) in [5, 5.41) is 10.1. The van der Waals surface area contributed by atoms with Crippen LogP contribution in [0.25, 0.3) is 11.3 Å².